The molecule has 4 rings (SSSR count). The second-order valence-electron chi connectivity index (χ2n) is 7.64. The van der Waals surface area contributed by atoms with E-state index in [0.717, 1.165) is 22.0 Å². The molecule has 33 heavy (non-hydrogen) atoms. The van der Waals surface area contributed by atoms with Gasteiger partial charge in [0.25, 0.3) is 5.91 Å². The molecule has 1 atom stereocenters. The maximum Gasteiger partial charge on any atom is 0.256 e. The van der Waals surface area contributed by atoms with Crippen molar-refractivity contribution >= 4 is 40.6 Å². The first kappa shape index (κ1) is 23.0. The third-order valence-corrected chi connectivity index (χ3v) is 6.49. The second-order valence-corrected chi connectivity index (χ2v) is 9.07. The number of thioether (sulfide) groups is 1. The number of carbonyl (C=O) groups is 1. The number of nitrogens with zero attached hydrogens (tertiary/aromatic N) is 1. The van der Waals surface area contributed by atoms with Gasteiger partial charge in [0.15, 0.2) is 0 Å². The van der Waals surface area contributed by atoms with E-state index in [9.17, 15) is 4.79 Å². The minimum atomic E-state index is -0.193. The van der Waals surface area contributed by atoms with Crippen molar-refractivity contribution in [1.82, 2.24) is 5.16 Å². The molecule has 168 valence electrons. The smallest absolute Gasteiger partial charge is 0.256 e. The Kier molecular flexibility index (Phi) is 7.37. The van der Waals surface area contributed by atoms with Crippen LogP contribution in [0.2, 0.25) is 5.02 Å². The molecule has 3 aromatic carbocycles. The van der Waals surface area contributed by atoms with Crippen LogP contribution in [0, 0.1) is 6.92 Å². The standard InChI is InChI=1S/C26H24ClN3O2S/c1-17-14-21(32-30-17)16-33-25-11-7-6-10-22(25)26(31)29-20-12-13-24(23(27)15-20)28-18(2)19-8-4-3-5-9-19/h3-15,18,28H,16H2,1-2H3,(H,29,31). The summed E-state index contributed by atoms with van der Waals surface area (Å²) in [5, 5.41) is 10.8. The molecule has 1 unspecified atom stereocenters. The number of amides is 1. The highest BCUT2D eigenvalue weighted by atomic mass is 35.5. The van der Waals surface area contributed by atoms with Crippen LogP contribution in [0.3, 0.4) is 0 Å². The lowest BCUT2D eigenvalue weighted by molar-refractivity contribution is 0.102. The number of aromatic nitrogens is 1. The minimum absolute atomic E-state index is 0.0983. The Labute approximate surface area is 202 Å². The number of halogens is 1. The van der Waals surface area contributed by atoms with Gasteiger partial charge in [-0.2, -0.15) is 0 Å². The van der Waals surface area contributed by atoms with Gasteiger partial charge in [-0.1, -0.05) is 59.2 Å². The van der Waals surface area contributed by atoms with E-state index < -0.39 is 0 Å². The van der Waals surface area contributed by atoms with Crippen LogP contribution >= 0.6 is 23.4 Å². The summed E-state index contributed by atoms with van der Waals surface area (Å²) in [7, 11) is 0. The van der Waals surface area contributed by atoms with E-state index in [2.05, 4.69) is 34.8 Å². The third-order valence-electron chi connectivity index (χ3n) is 5.08. The van der Waals surface area contributed by atoms with Gasteiger partial charge in [0.05, 0.1) is 27.7 Å². The molecular weight excluding hydrogens is 454 g/mol. The molecule has 0 aliphatic carbocycles. The van der Waals surface area contributed by atoms with Crippen molar-refractivity contribution < 1.29 is 9.32 Å². The average Bonchev–Trinajstić information content (AvgIpc) is 3.25. The number of benzene rings is 3. The SMILES string of the molecule is Cc1cc(CSc2ccccc2C(=O)Nc2ccc(NC(C)c3ccccc3)c(Cl)c2)on1. The molecule has 0 spiro atoms. The fourth-order valence-corrected chi connectivity index (χ4v) is 4.54. The van der Waals surface area contributed by atoms with E-state index in [0.29, 0.717) is 22.0 Å². The second kappa shape index (κ2) is 10.6. The van der Waals surface area contributed by atoms with E-state index in [-0.39, 0.29) is 11.9 Å². The predicted octanol–water partition coefficient (Wildman–Crippen LogP) is 7.35. The van der Waals surface area contributed by atoms with Crippen molar-refractivity contribution in [1.29, 1.82) is 0 Å². The lowest BCUT2D eigenvalue weighted by Crippen LogP contribution is -2.13. The minimum Gasteiger partial charge on any atom is -0.377 e. The van der Waals surface area contributed by atoms with Crippen molar-refractivity contribution in [2.45, 2.75) is 30.5 Å². The topological polar surface area (TPSA) is 67.2 Å². The van der Waals surface area contributed by atoms with E-state index in [1.165, 1.54) is 17.3 Å². The summed E-state index contributed by atoms with van der Waals surface area (Å²) in [6.45, 7) is 3.96. The van der Waals surface area contributed by atoms with Gasteiger partial charge >= 0.3 is 0 Å². The average molecular weight is 478 g/mol. The van der Waals surface area contributed by atoms with Crippen molar-refractivity contribution in [2.24, 2.45) is 0 Å². The molecule has 5 nitrogen and oxygen atoms in total. The molecule has 0 saturated carbocycles. The zero-order valence-corrected chi connectivity index (χ0v) is 19.9. The van der Waals surface area contributed by atoms with Crippen LogP contribution < -0.4 is 10.6 Å². The van der Waals surface area contributed by atoms with Crippen LogP contribution in [0.25, 0.3) is 0 Å². The van der Waals surface area contributed by atoms with Gasteiger partial charge in [-0.05, 0) is 49.7 Å². The first-order valence-electron chi connectivity index (χ1n) is 10.6. The number of hydrogen-bond donors (Lipinski definition) is 2. The number of nitrogens with one attached hydrogen (secondary N) is 2. The summed E-state index contributed by atoms with van der Waals surface area (Å²) in [5.41, 5.74) is 4.04. The molecule has 2 N–H and O–H groups in total. The molecule has 0 fully saturated rings. The van der Waals surface area contributed by atoms with Crippen LogP contribution in [-0.2, 0) is 5.75 Å². The lowest BCUT2D eigenvalue weighted by atomic mass is 10.1. The van der Waals surface area contributed by atoms with Crippen LogP contribution in [0.4, 0.5) is 11.4 Å². The lowest BCUT2D eigenvalue weighted by Gasteiger charge is -2.17. The molecule has 0 bridgehead atoms. The van der Waals surface area contributed by atoms with Gasteiger partial charge in [-0.3, -0.25) is 4.79 Å². The van der Waals surface area contributed by atoms with Crippen LogP contribution in [0.5, 0.6) is 0 Å². The highest BCUT2D eigenvalue weighted by Gasteiger charge is 2.14. The Balaban J connectivity index is 1.43. The molecule has 4 aromatic rings. The van der Waals surface area contributed by atoms with E-state index in [1.807, 2.05) is 67.6 Å². The number of hydrogen-bond acceptors (Lipinski definition) is 5. The number of anilines is 2. The Hall–Kier alpha value is -3.22. The Morgan fingerprint density at radius 1 is 1.06 bits per heavy atom. The molecule has 0 aliphatic heterocycles. The maximum absolute atomic E-state index is 13.0. The zero-order valence-electron chi connectivity index (χ0n) is 18.3. The first-order chi connectivity index (χ1) is 16.0. The normalized spacial score (nSPS) is 11.7. The fraction of sp³-hybridized carbons (Fsp3) is 0.154. The molecule has 1 aromatic heterocycles. The van der Waals surface area contributed by atoms with Crippen molar-refractivity contribution in [3.05, 3.63) is 106 Å². The monoisotopic (exact) mass is 477 g/mol. The number of aryl methyl sites for hydroxylation is 1. The van der Waals surface area contributed by atoms with Crippen molar-refractivity contribution in [2.75, 3.05) is 10.6 Å². The van der Waals surface area contributed by atoms with E-state index in [1.54, 1.807) is 6.07 Å². The summed E-state index contributed by atoms with van der Waals surface area (Å²) in [6, 6.07) is 25.1. The summed E-state index contributed by atoms with van der Waals surface area (Å²) < 4.78 is 5.27. The summed E-state index contributed by atoms with van der Waals surface area (Å²) in [5.74, 6) is 1.17. The molecule has 0 radical (unpaired) electrons. The predicted molar refractivity (Wildman–Crippen MR) is 135 cm³/mol. The van der Waals surface area contributed by atoms with Gasteiger partial charge in [0.1, 0.15) is 5.76 Å². The largest absolute Gasteiger partial charge is 0.377 e. The molecule has 1 amide bonds. The molecular formula is C26H24ClN3O2S. The summed E-state index contributed by atoms with van der Waals surface area (Å²) >= 11 is 8.04. The summed E-state index contributed by atoms with van der Waals surface area (Å²) in [4.78, 5) is 13.9. The van der Waals surface area contributed by atoms with E-state index in [4.69, 9.17) is 16.1 Å². The summed E-state index contributed by atoms with van der Waals surface area (Å²) in [6.07, 6.45) is 0. The Morgan fingerprint density at radius 3 is 2.55 bits per heavy atom. The number of carbonyl (C=O) groups excluding carboxylic acids is 1. The molecule has 1 heterocycles. The van der Waals surface area contributed by atoms with Gasteiger partial charge in [0, 0.05) is 22.7 Å². The van der Waals surface area contributed by atoms with E-state index >= 15 is 0 Å². The molecule has 0 aliphatic rings. The molecule has 0 saturated heterocycles. The first-order valence-corrected chi connectivity index (χ1v) is 11.9. The Bertz CT molecular complexity index is 1240. The molecule has 7 heteroatoms. The van der Waals surface area contributed by atoms with Crippen molar-refractivity contribution in [3.8, 4) is 0 Å². The highest BCUT2D eigenvalue weighted by molar-refractivity contribution is 7.98. The maximum atomic E-state index is 13.0. The fourth-order valence-electron chi connectivity index (χ4n) is 3.38. The number of rotatable bonds is 8. The van der Waals surface area contributed by atoms with Gasteiger partial charge in [0.2, 0.25) is 0 Å². The van der Waals surface area contributed by atoms with Gasteiger partial charge in [-0.15, -0.1) is 11.8 Å². The van der Waals surface area contributed by atoms with Crippen molar-refractivity contribution in [3.63, 3.8) is 0 Å². The van der Waals surface area contributed by atoms with Crippen LogP contribution in [0.15, 0.2) is 88.3 Å². The van der Waals surface area contributed by atoms with Gasteiger partial charge in [-0.25, -0.2) is 0 Å². The van der Waals surface area contributed by atoms with Crippen LogP contribution in [-0.4, -0.2) is 11.1 Å². The zero-order chi connectivity index (χ0) is 23.2. The highest BCUT2D eigenvalue weighted by Crippen LogP contribution is 2.30. The van der Waals surface area contributed by atoms with Crippen LogP contribution in [0.1, 0.15) is 40.3 Å². The quantitative estimate of drug-likeness (QED) is 0.259. The Morgan fingerprint density at radius 2 is 1.82 bits per heavy atom. The van der Waals surface area contributed by atoms with Gasteiger partial charge < -0.3 is 15.2 Å². The third kappa shape index (κ3) is 5.97.